The van der Waals surface area contributed by atoms with E-state index in [-0.39, 0.29) is 6.04 Å². The average molecular weight is 258 g/mol. The van der Waals surface area contributed by atoms with E-state index in [1.54, 1.807) is 0 Å². The molecule has 1 unspecified atom stereocenters. The fourth-order valence-electron chi connectivity index (χ4n) is 2.13. The van der Waals surface area contributed by atoms with Crippen molar-refractivity contribution in [2.75, 3.05) is 6.54 Å². The van der Waals surface area contributed by atoms with Crippen LogP contribution in [0.25, 0.3) is 0 Å². The van der Waals surface area contributed by atoms with Crippen molar-refractivity contribution in [3.8, 4) is 0 Å². The lowest BCUT2D eigenvalue weighted by Crippen LogP contribution is -2.25. The molecule has 4 nitrogen and oxygen atoms in total. The van der Waals surface area contributed by atoms with E-state index < -0.39 is 0 Å². The molecule has 2 aromatic rings. The van der Waals surface area contributed by atoms with Gasteiger partial charge in [-0.25, -0.2) is 0 Å². The van der Waals surface area contributed by atoms with Gasteiger partial charge < -0.3 is 5.32 Å². The smallest absolute Gasteiger partial charge is 0.0644 e. The van der Waals surface area contributed by atoms with Gasteiger partial charge in [-0.2, -0.15) is 5.10 Å². The van der Waals surface area contributed by atoms with E-state index in [2.05, 4.69) is 41.4 Å². The molecule has 1 N–H and O–H groups in total. The molecule has 0 spiro atoms. The number of pyridine rings is 1. The number of nitrogens with zero attached hydrogens (tertiary/aromatic N) is 3. The molecule has 0 saturated carbocycles. The van der Waals surface area contributed by atoms with Crippen LogP contribution in [0, 0.1) is 6.92 Å². The van der Waals surface area contributed by atoms with Crippen molar-refractivity contribution >= 4 is 0 Å². The minimum absolute atomic E-state index is 0.231. The summed E-state index contributed by atoms with van der Waals surface area (Å²) in [5, 5.41) is 8.01. The number of hydrogen-bond acceptors (Lipinski definition) is 3. The van der Waals surface area contributed by atoms with E-state index in [1.165, 1.54) is 5.56 Å². The van der Waals surface area contributed by atoms with Gasteiger partial charge in [0.25, 0.3) is 0 Å². The van der Waals surface area contributed by atoms with Crippen molar-refractivity contribution in [1.82, 2.24) is 20.1 Å². The molecule has 102 valence electrons. The molecule has 2 rings (SSSR count). The quantitative estimate of drug-likeness (QED) is 0.865. The number of aromatic nitrogens is 3. The number of rotatable bonds is 6. The molecule has 0 aromatic carbocycles. The van der Waals surface area contributed by atoms with Crippen molar-refractivity contribution in [1.29, 1.82) is 0 Å². The topological polar surface area (TPSA) is 42.7 Å². The van der Waals surface area contributed by atoms with E-state index >= 15 is 0 Å². The van der Waals surface area contributed by atoms with E-state index in [1.807, 2.05) is 30.2 Å². The van der Waals surface area contributed by atoms with Gasteiger partial charge in [-0.3, -0.25) is 9.67 Å². The lowest BCUT2D eigenvalue weighted by atomic mass is 10.1. The first kappa shape index (κ1) is 13.7. The second-order valence-electron chi connectivity index (χ2n) is 4.95. The summed E-state index contributed by atoms with van der Waals surface area (Å²) >= 11 is 0. The Balaban J connectivity index is 2.15. The van der Waals surface area contributed by atoms with Crippen LogP contribution in [0.5, 0.6) is 0 Å². The number of hydrogen-bond donors (Lipinski definition) is 1. The van der Waals surface area contributed by atoms with Gasteiger partial charge in [-0.1, -0.05) is 6.92 Å². The predicted molar refractivity (Wildman–Crippen MR) is 76.9 cm³/mol. The minimum atomic E-state index is 0.231. The van der Waals surface area contributed by atoms with E-state index in [4.69, 9.17) is 0 Å². The molecule has 2 heterocycles. The lowest BCUT2D eigenvalue weighted by molar-refractivity contribution is 0.510. The standard InChI is InChI=1S/C15H22N4/c1-4-7-16-15(11-13-6-9-19(3)18-13)14-10-12(2)5-8-17-14/h5-6,8-10,15-16H,4,7,11H2,1-3H3. The molecule has 19 heavy (non-hydrogen) atoms. The number of nitrogens with one attached hydrogen (secondary N) is 1. The molecule has 2 aromatic heterocycles. The highest BCUT2D eigenvalue weighted by Crippen LogP contribution is 2.16. The van der Waals surface area contributed by atoms with Crippen molar-refractivity contribution in [2.24, 2.45) is 7.05 Å². The predicted octanol–water partition coefficient (Wildman–Crippen LogP) is 2.41. The van der Waals surface area contributed by atoms with Crippen LogP contribution in [0.3, 0.4) is 0 Å². The Bertz CT molecular complexity index is 518. The summed E-state index contributed by atoms with van der Waals surface area (Å²) < 4.78 is 1.84. The molecule has 0 saturated heterocycles. The third-order valence-corrected chi connectivity index (χ3v) is 3.12. The van der Waals surface area contributed by atoms with Crippen molar-refractivity contribution in [3.05, 3.63) is 47.5 Å². The first-order chi connectivity index (χ1) is 9.19. The van der Waals surface area contributed by atoms with Crippen LogP contribution >= 0.6 is 0 Å². The van der Waals surface area contributed by atoms with E-state index in [0.29, 0.717) is 0 Å². The molecule has 0 fully saturated rings. The van der Waals surface area contributed by atoms with Gasteiger partial charge in [0.05, 0.1) is 17.4 Å². The van der Waals surface area contributed by atoms with Crippen LogP contribution < -0.4 is 5.32 Å². The molecular weight excluding hydrogens is 236 g/mol. The molecule has 0 aliphatic carbocycles. The lowest BCUT2D eigenvalue weighted by Gasteiger charge is -2.17. The van der Waals surface area contributed by atoms with E-state index in [9.17, 15) is 0 Å². The zero-order chi connectivity index (χ0) is 13.7. The molecule has 0 radical (unpaired) electrons. The Morgan fingerprint density at radius 3 is 2.84 bits per heavy atom. The highest BCUT2D eigenvalue weighted by molar-refractivity contribution is 5.19. The number of aryl methyl sites for hydroxylation is 2. The fourth-order valence-corrected chi connectivity index (χ4v) is 2.13. The summed E-state index contributed by atoms with van der Waals surface area (Å²) in [6.07, 6.45) is 5.85. The summed E-state index contributed by atoms with van der Waals surface area (Å²) in [5.74, 6) is 0. The summed E-state index contributed by atoms with van der Waals surface area (Å²) in [5.41, 5.74) is 3.44. The van der Waals surface area contributed by atoms with Crippen LogP contribution in [0.4, 0.5) is 0 Å². The Hall–Kier alpha value is -1.68. The average Bonchev–Trinajstić information content (AvgIpc) is 2.80. The first-order valence-corrected chi connectivity index (χ1v) is 6.83. The van der Waals surface area contributed by atoms with Crippen LogP contribution in [-0.2, 0) is 13.5 Å². The molecule has 0 bridgehead atoms. The monoisotopic (exact) mass is 258 g/mol. The van der Waals surface area contributed by atoms with Gasteiger partial charge in [0.1, 0.15) is 0 Å². The van der Waals surface area contributed by atoms with Crippen molar-refractivity contribution in [3.63, 3.8) is 0 Å². The minimum Gasteiger partial charge on any atom is -0.308 e. The highest BCUT2D eigenvalue weighted by atomic mass is 15.2. The van der Waals surface area contributed by atoms with Crippen molar-refractivity contribution in [2.45, 2.75) is 32.7 Å². The second kappa shape index (κ2) is 6.48. The summed E-state index contributed by atoms with van der Waals surface area (Å²) in [4.78, 5) is 4.50. The van der Waals surface area contributed by atoms with Gasteiger partial charge in [0.2, 0.25) is 0 Å². The maximum atomic E-state index is 4.50. The van der Waals surface area contributed by atoms with E-state index in [0.717, 1.165) is 30.8 Å². The Labute approximate surface area is 114 Å². The van der Waals surface area contributed by atoms with Gasteiger partial charge in [-0.15, -0.1) is 0 Å². The zero-order valence-corrected chi connectivity index (χ0v) is 11.9. The molecule has 0 aliphatic heterocycles. The highest BCUT2D eigenvalue weighted by Gasteiger charge is 2.14. The van der Waals surface area contributed by atoms with Gasteiger partial charge in [-0.05, 0) is 43.7 Å². The normalized spacial score (nSPS) is 12.6. The maximum Gasteiger partial charge on any atom is 0.0644 e. The molecule has 1 atom stereocenters. The molecule has 4 heteroatoms. The van der Waals surface area contributed by atoms with Gasteiger partial charge in [0, 0.05) is 25.9 Å². The molecule has 0 aliphatic rings. The van der Waals surface area contributed by atoms with Crippen LogP contribution in [0.2, 0.25) is 0 Å². The van der Waals surface area contributed by atoms with Gasteiger partial charge in [0.15, 0.2) is 0 Å². The second-order valence-corrected chi connectivity index (χ2v) is 4.95. The zero-order valence-electron chi connectivity index (χ0n) is 11.9. The molecular formula is C15H22N4. The third-order valence-electron chi connectivity index (χ3n) is 3.12. The van der Waals surface area contributed by atoms with Crippen LogP contribution in [-0.4, -0.2) is 21.3 Å². The van der Waals surface area contributed by atoms with Crippen LogP contribution in [0.15, 0.2) is 30.6 Å². The fraction of sp³-hybridized carbons (Fsp3) is 0.467. The first-order valence-electron chi connectivity index (χ1n) is 6.83. The largest absolute Gasteiger partial charge is 0.308 e. The SMILES string of the molecule is CCCNC(Cc1ccn(C)n1)c1cc(C)ccn1. The maximum absolute atomic E-state index is 4.50. The third kappa shape index (κ3) is 3.89. The Morgan fingerprint density at radius 2 is 2.21 bits per heavy atom. The summed E-state index contributed by atoms with van der Waals surface area (Å²) in [7, 11) is 1.95. The van der Waals surface area contributed by atoms with Crippen LogP contribution in [0.1, 0.15) is 36.3 Å². The Morgan fingerprint density at radius 1 is 1.37 bits per heavy atom. The molecule has 0 amide bonds. The Kier molecular flexibility index (Phi) is 4.68. The van der Waals surface area contributed by atoms with Crippen molar-refractivity contribution < 1.29 is 0 Å². The van der Waals surface area contributed by atoms with Gasteiger partial charge >= 0.3 is 0 Å². The summed E-state index contributed by atoms with van der Waals surface area (Å²) in [6, 6.07) is 6.48. The summed E-state index contributed by atoms with van der Waals surface area (Å²) in [6.45, 7) is 5.27.